The first-order valence-electron chi connectivity index (χ1n) is 3.29. The van der Waals surface area contributed by atoms with Gasteiger partial charge in [-0.2, -0.15) is 0 Å². The van der Waals surface area contributed by atoms with Crippen molar-refractivity contribution in [1.29, 1.82) is 0 Å². The van der Waals surface area contributed by atoms with Crippen LogP contribution < -0.4 is 0 Å². The maximum atomic E-state index is 2.34. The van der Waals surface area contributed by atoms with E-state index in [0.29, 0.717) is 7.92 Å². The van der Waals surface area contributed by atoms with E-state index in [1.165, 1.54) is 12.3 Å². The van der Waals surface area contributed by atoms with Gasteiger partial charge in [0.05, 0.1) is 5.40 Å². The Bertz CT molecular complexity index is 48.5. The lowest BCUT2D eigenvalue weighted by molar-refractivity contribution is 1.30. The average Bonchev–Trinajstić information content (AvgIpc) is 1.69. The molecule has 0 aromatic rings. The van der Waals surface area contributed by atoms with Gasteiger partial charge < -0.3 is 0 Å². The summed E-state index contributed by atoms with van der Waals surface area (Å²) in [5.41, 5.74) is 0. The third-order valence-corrected chi connectivity index (χ3v) is 5.86. The van der Waals surface area contributed by atoms with Crippen molar-refractivity contribution in [3.05, 3.63) is 0 Å². The van der Waals surface area contributed by atoms with Crippen LogP contribution in [0.3, 0.4) is 0 Å². The predicted molar refractivity (Wildman–Crippen MR) is 48.6 cm³/mol. The Kier molecular flexibility index (Phi) is 5.22. The molecular formula is C6H17P2+. The quantitative estimate of drug-likeness (QED) is 0.543. The molecule has 2 unspecified atom stereocenters. The van der Waals surface area contributed by atoms with Gasteiger partial charge in [-0.3, -0.25) is 0 Å². The smallest absolute Gasteiger partial charge is 0.0650 e. The van der Waals surface area contributed by atoms with Crippen LogP contribution in [0, 0.1) is 0 Å². The molecule has 0 spiro atoms. The molecule has 0 rings (SSSR count). The predicted octanol–water partition coefficient (Wildman–Crippen LogP) is 2.46. The van der Waals surface area contributed by atoms with Crippen molar-refractivity contribution in [2.45, 2.75) is 26.2 Å². The number of hydrogen-bond donors (Lipinski definition) is 0. The highest BCUT2D eigenvalue weighted by molar-refractivity contribution is 7.65. The molecule has 2 heteroatoms. The first kappa shape index (κ1) is 8.86. The second kappa shape index (κ2) is 4.71. The van der Waals surface area contributed by atoms with Crippen molar-refractivity contribution in [2.75, 3.05) is 12.3 Å². The standard InChI is InChI=1S/C6H16P2/c1-4-8(5-2)6(3)7/h6H,4-5,7H2,1-3H3/p+1. The minimum atomic E-state index is 0.397. The maximum Gasteiger partial charge on any atom is 0.0781 e. The summed E-state index contributed by atoms with van der Waals surface area (Å²) in [4.78, 5) is 0. The Labute approximate surface area is 56.4 Å². The van der Waals surface area contributed by atoms with Crippen molar-refractivity contribution in [3.63, 3.8) is 0 Å². The zero-order valence-corrected chi connectivity index (χ0v) is 8.45. The van der Waals surface area contributed by atoms with Crippen LogP contribution in [0.15, 0.2) is 0 Å². The summed E-state index contributed by atoms with van der Waals surface area (Å²) in [7, 11) is 2.54. The minimum Gasteiger partial charge on any atom is -0.0650 e. The Hall–Kier alpha value is 0.860. The molecule has 0 heterocycles. The molecule has 0 aliphatic carbocycles. The number of hydrogen-bond acceptors (Lipinski definition) is 0. The highest BCUT2D eigenvalue weighted by Crippen LogP contribution is 2.43. The van der Waals surface area contributed by atoms with Crippen LogP contribution in [0.25, 0.3) is 0 Å². The van der Waals surface area contributed by atoms with Gasteiger partial charge in [-0.05, 0) is 28.5 Å². The summed E-state index contributed by atoms with van der Waals surface area (Å²) in [5, 5.41) is 0.972. The van der Waals surface area contributed by atoms with Crippen molar-refractivity contribution >= 4 is 17.2 Å². The molecule has 0 N–H and O–H groups in total. The van der Waals surface area contributed by atoms with Crippen molar-refractivity contribution < 1.29 is 0 Å². The Morgan fingerprint density at radius 2 is 1.75 bits per heavy atom. The highest BCUT2D eigenvalue weighted by atomic mass is 31.2. The van der Waals surface area contributed by atoms with Gasteiger partial charge in [-0.15, -0.1) is 0 Å². The zero-order chi connectivity index (χ0) is 6.57. The summed E-state index contributed by atoms with van der Waals surface area (Å²) in [6.07, 6.45) is 2.83. The van der Waals surface area contributed by atoms with Crippen LogP contribution in [0.1, 0.15) is 20.8 Å². The molecule has 0 nitrogen and oxygen atoms in total. The molecule has 2 atom stereocenters. The Morgan fingerprint density at radius 3 is 1.75 bits per heavy atom. The highest BCUT2D eigenvalue weighted by Gasteiger charge is 2.09. The third kappa shape index (κ3) is 3.00. The second-order valence-corrected chi connectivity index (χ2v) is 7.31. The lowest BCUT2D eigenvalue weighted by Gasteiger charge is -2.12. The second-order valence-electron chi connectivity index (χ2n) is 2.07. The fraction of sp³-hybridized carbons (Fsp3) is 1.00. The summed E-state index contributed by atoms with van der Waals surface area (Å²) in [6, 6.07) is 0. The van der Waals surface area contributed by atoms with E-state index in [1.807, 2.05) is 0 Å². The molecule has 8 heavy (non-hydrogen) atoms. The lowest BCUT2D eigenvalue weighted by atomic mass is 10.9. The summed E-state index contributed by atoms with van der Waals surface area (Å²) in [6.45, 7) is 6.95. The van der Waals surface area contributed by atoms with Gasteiger partial charge in [0.15, 0.2) is 0 Å². The molecule has 50 valence electrons. The molecule has 0 radical (unpaired) electrons. The summed E-state index contributed by atoms with van der Waals surface area (Å²) in [5.74, 6) is 0. The third-order valence-electron chi connectivity index (χ3n) is 1.44. The van der Waals surface area contributed by atoms with E-state index in [1.54, 1.807) is 0 Å². The first-order valence-corrected chi connectivity index (χ1v) is 5.89. The van der Waals surface area contributed by atoms with Gasteiger partial charge in [0, 0.05) is 0 Å². The first-order chi connectivity index (χ1) is 3.72. The van der Waals surface area contributed by atoms with E-state index in [-0.39, 0.29) is 0 Å². The fourth-order valence-electron chi connectivity index (χ4n) is 0.847. The fourth-order valence-corrected chi connectivity index (χ4v) is 4.09. The van der Waals surface area contributed by atoms with E-state index in [9.17, 15) is 0 Å². The molecule has 0 saturated heterocycles. The molecule has 0 bridgehead atoms. The van der Waals surface area contributed by atoms with Crippen LogP contribution in [0.5, 0.6) is 0 Å². The van der Waals surface area contributed by atoms with Crippen LogP contribution >= 0.6 is 17.2 Å². The maximum absolute atomic E-state index is 2.34. The van der Waals surface area contributed by atoms with Crippen LogP contribution in [0.2, 0.25) is 0 Å². The molecule has 0 fully saturated rings. The van der Waals surface area contributed by atoms with Crippen molar-refractivity contribution in [1.82, 2.24) is 0 Å². The SMILES string of the molecule is CCP(CC)C(C)[PH3+]. The Morgan fingerprint density at radius 1 is 1.38 bits per heavy atom. The summed E-state index contributed by atoms with van der Waals surface area (Å²) < 4.78 is 0. The molecule has 0 aromatic carbocycles. The summed E-state index contributed by atoms with van der Waals surface area (Å²) >= 11 is 0. The van der Waals surface area contributed by atoms with E-state index in [2.05, 4.69) is 30.0 Å². The average molecular weight is 151 g/mol. The van der Waals surface area contributed by atoms with Crippen LogP contribution in [0.4, 0.5) is 0 Å². The largest absolute Gasteiger partial charge is 0.0781 e. The molecule has 0 saturated carbocycles. The molecule has 0 aliphatic heterocycles. The lowest BCUT2D eigenvalue weighted by Crippen LogP contribution is -1.92. The van der Waals surface area contributed by atoms with Crippen molar-refractivity contribution in [2.24, 2.45) is 0 Å². The molecule has 0 aromatic heterocycles. The zero-order valence-electron chi connectivity index (χ0n) is 6.15. The normalized spacial score (nSPS) is 15.0. The van der Waals surface area contributed by atoms with Gasteiger partial charge in [-0.25, -0.2) is 0 Å². The molecule has 0 amide bonds. The topological polar surface area (TPSA) is 0 Å². The van der Waals surface area contributed by atoms with Crippen LogP contribution in [-0.2, 0) is 0 Å². The van der Waals surface area contributed by atoms with Crippen LogP contribution in [-0.4, -0.2) is 17.7 Å². The monoisotopic (exact) mass is 151 g/mol. The van der Waals surface area contributed by atoms with Gasteiger partial charge in [-0.1, -0.05) is 21.8 Å². The molecule has 0 aliphatic rings. The van der Waals surface area contributed by atoms with Gasteiger partial charge in [0.25, 0.3) is 0 Å². The van der Waals surface area contributed by atoms with E-state index >= 15 is 0 Å². The minimum absolute atomic E-state index is 0.397. The van der Waals surface area contributed by atoms with Crippen molar-refractivity contribution in [3.8, 4) is 0 Å². The van der Waals surface area contributed by atoms with Gasteiger partial charge in [0.2, 0.25) is 0 Å². The van der Waals surface area contributed by atoms with E-state index < -0.39 is 0 Å². The molecular weight excluding hydrogens is 134 g/mol. The number of rotatable bonds is 3. The van der Waals surface area contributed by atoms with Gasteiger partial charge in [0.1, 0.15) is 0 Å². The van der Waals surface area contributed by atoms with Gasteiger partial charge >= 0.3 is 0 Å². The van der Waals surface area contributed by atoms with E-state index in [4.69, 9.17) is 0 Å². The Balaban J connectivity index is 3.35. The van der Waals surface area contributed by atoms with E-state index in [0.717, 1.165) is 5.40 Å².